The monoisotopic (exact) mass is 199 g/mol. The predicted octanol–water partition coefficient (Wildman–Crippen LogP) is 2.39. The molecule has 73 valence electrons. The zero-order valence-corrected chi connectivity index (χ0v) is 7.26. The van der Waals surface area contributed by atoms with Gasteiger partial charge in [0, 0.05) is 7.05 Å². The third-order valence-electron chi connectivity index (χ3n) is 1.98. The van der Waals surface area contributed by atoms with Crippen LogP contribution in [0.15, 0.2) is 18.2 Å². The molecule has 1 radical (unpaired) electrons. The molecule has 1 aromatic heterocycles. The molecule has 2 nitrogen and oxygen atoms in total. The fraction of sp³-hybridized carbons (Fsp3) is 0.222. The number of aryl methyl sites for hydroxylation is 1. The number of benzene rings is 1. The highest BCUT2D eigenvalue weighted by molar-refractivity contribution is 5.75. The normalized spacial score (nSPS) is 12.3. The number of imidazole rings is 1. The lowest BCUT2D eigenvalue weighted by atomic mass is 10.2. The minimum atomic E-state index is -4.31. The summed E-state index contributed by atoms with van der Waals surface area (Å²) < 4.78 is 38.4. The number of hydrogen-bond acceptors (Lipinski definition) is 1. The Kier molecular flexibility index (Phi) is 1.77. The Labute approximate surface area is 78.0 Å². The lowest BCUT2D eigenvalue weighted by Gasteiger charge is -2.05. The van der Waals surface area contributed by atoms with Crippen LogP contribution < -0.4 is 0 Å². The largest absolute Gasteiger partial charge is 0.416 e. The van der Waals surface area contributed by atoms with Crippen LogP contribution >= 0.6 is 0 Å². The van der Waals surface area contributed by atoms with E-state index in [0.29, 0.717) is 11.0 Å². The Balaban J connectivity index is 2.63. The Morgan fingerprint density at radius 1 is 1.36 bits per heavy atom. The average Bonchev–Trinajstić information content (AvgIpc) is 2.46. The van der Waals surface area contributed by atoms with Gasteiger partial charge in [0.15, 0.2) is 6.33 Å². The zero-order chi connectivity index (χ0) is 10.3. The molecule has 1 aromatic carbocycles. The summed E-state index contributed by atoms with van der Waals surface area (Å²) in [6.45, 7) is 0. The van der Waals surface area contributed by atoms with Crippen LogP contribution in [0.2, 0.25) is 0 Å². The first kappa shape index (κ1) is 9.05. The van der Waals surface area contributed by atoms with Gasteiger partial charge in [0.1, 0.15) is 0 Å². The van der Waals surface area contributed by atoms with E-state index in [1.807, 2.05) is 0 Å². The standard InChI is InChI=1S/C9H6F3N2/c1-14-5-13-7-4-6(9(10,11)12)2-3-8(7)14/h2-4H,1H3. The highest BCUT2D eigenvalue weighted by atomic mass is 19.4. The maximum atomic E-state index is 12.3. The van der Waals surface area contributed by atoms with E-state index in [2.05, 4.69) is 11.3 Å². The van der Waals surface area contributed by atoms with Crippen molar-refractivity contribution in [2.75, 3.05) is 0 Å². The summed E-state index contributed by atoms with van der Waals surface area (Å²) in [5, 5.41) is 0. The molecule has 0 fully saturated rings. The van der Waals surface area contributed by atoms with E-state index >= 15 is 0 Å². The molecule has 0 aliphatic heterocycles. The highest BCUT2D eigenvalue weighted by Crippen LogP contribution is 2.30. The minimum absolute atomic E-state index is 0.308. The van der Waals surface area contributed by atoms with Gasteiger partial charge in [-0.3, -0.25) is 0 Å². The van der Waals surface area contributed by atoms with Crippen LogP contribution in [0.25, 0.3) is 11.0 Å². The van der Waals surface area contributed by atoms with Crippen molar-refractivity contribution in [2.24, 2.45) is 7.05 Å². The molecule has 0 atom stereocenters. The van der Waals surface area contributed by atoms with Gasteiger partial charge >= 0.3 is 6.18 Å². The molecule has 0 amide bonds. The molecule has 1 heterocycles. The second-order valence-electron chi connectivity index (χ2n) is 2.97. The SMILES string of the molecule is Cn1[c]nc2cc(C(F)(F)F)ccc21. The van der Waals surface area contributed by atoms with Crippen molar-refractivity contribution < 1.29 is 13.2 Å². The topological polar surface area (TPSA) is 17.8 Å². The van der Waals surface area contributed by atoms with E-state index in [-0.39, 0.29) is 0 Å². The fourth-order valence-electron chi connectivity index (χ4n) is 1.26. The summed E-state index contributed by atoms with van der Waals surface area (Å²) in [6.07, 6.45) is -1.76. The Morgan fingerprint density at radius 2 is 2.07 bits per heavy atom. The van der Waals surface area contributed by atoms with Crippen LogP contribution in [0.4, 0.5) is 13.2 Å². The van der Waals surface area contributed by atoms with E-state index in [4.69, 9.17) is 0 Å². The maximum absolute atomic E-state index is 12.3. The summed E-state index contributed by atoms with van der Waals surface area (Å²) in [4.78, 5) is 3.73. The summed E-state index contributed by atoms with van der Waals surface area (Å²) in [6, 6.07) is 3.45. The van der Waals surface area contributed by atoms with Gasteiger partial charge in [0.2, 0.25) is 0 Å². The first-order valence-corrected chi connectivity index (χ1v) is 3.90. The minimum Gasteiger partial charge on any atom is -0.324 e. The van der Waals surface area contributed by atoms with E-state index in [0.717, 1.165) is 12.1 Å². The van der Waals surface area contributed by atoms with E-state index in [1.165, 1.54) is 6.07 Å². The van der Waals surface area contributed by atoms with E-state index < -0.39 is 11.7 Å². The molecular formula is C9H6F3N2. The fourth-order valence-corrected chi connectivity index (χ4v) is 1.26. The number of halogens is 3. The number of aromatic nitrogens is 2. The van der Waals surface area contributed by atoms with Crippen LogP contribution in [-0.2, 0) is 13.2 Å². The van der Waals surface area contributed by atoms with Crippen molar-refractivity contribution in [1.82, 2.24) is 9.55 Å². The van der Waals surface area contributed by atoms with Crippen LogP contribution in [0, 0.1) is 6.33 Å². The Hall–Kier alpha value is -1.52. The van der Waals surface area contributed by atoms with Crippen LogP contribution in [0.1, 0.15) is 5.56 Å². The number of hydrogen-bond donors (Lipinski definition) is 0. The van der Waals surface area contributed by atoms with Crippen molar-refractivity contribution >= 4 is 11.0 Å². The first-order valence-electron chi connectivity index (χ1n) is 3.90. The smallest absolute Gasteiger partial charge is 0.324 e. The van der Waals surface area contributed by atoms with Crippen LogP contribution in [0.3, 0.4) is 0 Å². The molecular weight excluding hydrogens is 193 g/mol. The molecule has 0 aliphatic rings. The van der Waals surface area contributed by atoms with Gasteiger partial charge in [-0.15, -0.1) is 0 Å². The molecule has 0 aliphatic carbocycles. The summed E-state index contributed by atoms with van der Waals surface area (Å²) >= 11 is 0. The molecule has 2 rings (SSSR count). The molecule has 5 heteroatoms. The molecule has 0 spiro atoms. The number of alkyl halides is 3. The van der Waals surface area contributed by atoms with Gasteiger partial charge in [0.25, 0.3) is 0 Å². The van der Waals surface area contributed by atoms with Crippen LogP contribution in [-0.4, -0.2) is 9.55 Å². The molecule has 2 aromatic rings. The predicted molar refractivity (Wildman–Crippen MR) is 44.6 cm³/mol. The summed E-state index contributed by atoms with van der Waals surface area (Å²) in [5.74, 6) is 0. The van der Waals surface area contributed by atoms with Crippen LogP contribution in [0.5, 0.6) is 0 Å². The lowest BCUT2D eigenvalue weighted by molar-refractivity contribution is -0.137. The van der Waals surface area contributed by atoms with Gasteiger partial charge in [-0.2, -0.15) is 13.2 Å². The van der Waals surface area contributed by atoms with E-state index in [9.17, 15) is 13.2 Å². The quantitative estimate of drug-likeness (QED) is 0.637. The van der Waals surface area contributed by atoms with Gasteiger partial charge in [0.05, 0.1) is 16.6 Å². The van der Waals surface area contributed by atoms with Gasteiger partial charge in [-0.05, 0) is 18.2 Å². The second-order valence-corrected chi connectivity index (χ2v) is 2.97. The average molecular weight is 199 g/mol. The highest BCUT2D eigenvalue weighted by Gasteiger charge is 2.30. The molecule has 0 unspecified atom stereocenters. The van der Waals surface area contributed by atoms with Crippen molar-refractivity contribution in [1.29, 1.82) is 0 Å². The Bertz CT molecular complexity index is 470. The van der Waals surface area contributed by atoms with E-state index in [1.54, 1.807) is 11.6 Å². The molecule has 0 N–H and O–H groups in total. The second kappa shape index (κ2) is 2.73. The Morgan fingerprint density at radius 3 is 2.71 bits per heavy atom. The van der Waals surface area contributed by atoms with Crippen molar-refractivity contribution in [2.45, 2.75) is 6.18 Å². The third-order valence-corrected chi connectivity index (χ3v) is 1.98. The number of fused-ring (bicyclic) bond motifs is 1. The van der Waals surface area contributed by atoms with Gasteiger partial charge < -0.3 is 4.57 Å². The zero-order valence-electron chi connectivity index (χ0n) is 7.26. The summed E-state index contributed by atoms with van der Waals surface area (Å²) in [5.41, 5.74) is 0.262. The van der Waals surface area contributed by atoms with Gasteiger partial charge in [-0.25, -0.2) is 4.98 Å². The third kappa shape index (κ3) is 1.34. The van der Waals surface area contributed by atoms with Crippen molar-refractivity contribution in [3.05, 3.63) is 30.1 Å². The number of rotatable bonds is 0. The van der Waals surface area contributed by atoms with Gasteiger partial charge in [-0.1, -0.05) is 0 Å². The van der Waals surface area contributed by atoms with Crippen molar-refractivity contribution in [3.63, 3.8) is 0 Å². The molecule has 0 saturated carbocycles. The molecule has 14 heavy (non-hydrogen) atoms. The lowest BCUT2D eigenvalue weighted by Crippen LogP contribution is -2.04. The summed E-state index contributed by atoms with van der Waals surface area (Å²) in [7, 11) is 1.68. The number of nitrogens with zero attached hydrogens (tertiary/aromatic N) is 2. The molecule has 0 bridgehead atoms. The van der Waals surface area contributed by atoms with Crippen molar-refractivity contribution in [3.8, 4) is 0 Å². The molecule has 0 saturated heterocycles. The maximum Gasteiger partial charge on any atom is 0.416 e. The first-order chi connectivity index (χ1) is 6.48.